The molecule has 0 atom stereocenters. The van der Waals surface area contributed by atoms with Crippen LogP contribution in [0, 0.1) is 27.7 Å². The van der Waals surface area contributed by atoms with Gasteiger partial charge in [0.05, 0.1) is 19.8 Å². The summed E-state index contributed by atoms with van der Waals surface area (Å²) in [5.74, 6) is 0.683. The van der Waals surface area contributed by atoms with E-state index in [0.29, 0.717) is 138 Å². The van der Waals surface area contributed by atoms with E-state index in [1.54, 1.807) is 6.07 Å². The summed E-state index contributed by atoms with van der Waals surface area (Å²) in [6.07, 6.45) is 29.2. The van der Waals surface area contributed by atoms with Gasteiger partial charge in [-0.15, -0.1) is 0 Å². The second-order valence-electron chi connectivity index (χ2n) is 36.3. The number of carbonyl (C=O) groups is 6. The molecule has 10 aromatic rings. The van der Waals surface area contributed by atoms with Gasteiger partial charge in [-0.1, -0.05) is 226 Å². The smallest absolute Gasteiger partial charge is 0.349 e. The second-order valence-corrected chi connectivity index (χ2v) is 36.3. The van der Waals surface area contributed by atoms with Crippen LogP contribution in [0.15, 0.2) is 167 Å². The molecule has 0 saturated heterocycles. The number of rotatable bonds is 45. The quantitative estimate of drug-likeness (QED) is 0.0126. The van der Waals surface area contributed by atoms with Gasteiger partial charge in [0.2, 0.25) is 0 Å². The highest BCUT2D eigenvalue weighted by Crippen LogP contribution is 2.45. The average molecular weight is 1810 g/mol. The number of carbonyl (C=O) groups excluding carboxylic acids is 6. The van der Waals surface area contributed by atoms with Crippen LogP contribution in [0.3, 0.4) is 0 Å². The van der Waals surface area contributed by atoms with E-state index in [1.807, 2.05) is 179 Å². The lowest BCUT2D eigenvalue weighted by molar-refractivity contribution is -0.123. The molecule has 0 spiro atoms. The summed E-state index contributed by atoms with van der Waals surface area (Å²) in [4.78, 5) is 104. The largest absolute Gasteiger partial charge is 0.493 e. The van der Waals surface area contributed by atoms with E-state index < -0.39 is 48.2 Å². The fourth-order valence-electron chi connectivity index (χ4n) is 18.1. The van der Waals surface area contributed by atoms with Crippen molar-refractivity contribution in [1.82, 2.24) is 10.6 Å². The number of nitrogens with zero attached hydrogens (tertiary/aromatic N) is 1. The van der Waals surface area contributed by atoms with Crippen molar-refractivity contribution in [3.8, 4) is 23.0 Å². The molecule has 1 aromatic heterocycles. The summed E-state index contributed by atoms with van der Waals surface area (Å²) in [7, 11) is 0. The summed E-state index contributed by atoms with van der Waals surface area (Å²) < 4.78 is 35.3. The summed E-state index contributed by atoms with van der Waals surface area (Å²) >= 11 is 0. The summed E-state index contributed by atoms with van der Waals surface area (Å²) in [5.41, 5.74) is 15.9. The maximum atomic E-state index is 14.9. The summed E-state index contributed by atoms with van der Waals surface area (Å²) in [5, 5.41) is 31.7. The standard InChI is InChI=1S/C110H137N11O12/c1-8-11-14-17-20-23-26-29-56-129-100-79-60-81-66-93(118-108(126)114-89-46-38-75(5)39-47-89)68-83(101(81)130-57-30-27-24-21-18-15-12-9-2)62-85-70-95(120-110(128)116-91-50-42-77(7)43-51-91)71-86(103(85)132-73-98(122)111-52-53-112-105(123)97-72-87-59-78-34-32-54-121-55-33-35-96(99(78)121)104(87)133-106(97)124)63-84-69-94(119-109(127)115-90-48-40-76(6)41-49-90)67-82(102(84)131-58-31-28-25-22-19-16-13-10-3)61-80(100)65-92(64-79)117-107(125)113-88-44-36-74(4)37-45-88/h36-51,59,64-72H,8-35,52-58,60-63,73H2,1-7H3,(H,111,122)(H,112,123)(H2,113,117,125)(H2,114,118,126)(H2,115,119,127)(H2,116,120,128). The molecule has 704 valence electrons. The zero-order chi connectivity index (χ0) is 93.2. The minimum absolute atomic E-state index is 0.00734. The van der Waals surface area contributed by atoms with Gasteiger partial charge in [0.25, 0.3) is 11.8 Å². The van der Waals surface area contributed by atoms with Gasteiger partial charge in [-0.3, -0.25) is 9.59 Å². The van der Waals surface area contributed by atoms with E-state index in [1.165, 1.54) is 44.1 Å². The van der Waals surface area contributed by atoms with Gasteiger partial charge < -0.3 is 81.4 Å². The van der Waals surface area contributed by atoms with E-state index in [9.17, 15) is 33.6 Å². The highest BCUT2D eigenvalue weighted by Gasteiger charge is 2.31. The van der Waals surface area contributed by atoms with Crippen LogP contribution >= 0.6 is 0 Å². The van der Waals surface area contributed by atoms with Crippen molar-refractivity contribution < 1.29 is 52.1 Å². The van der Waals surface area contributed by atoms with Crippen LogP contribution in [0.25, 0.3) is 11.0 Å². The van der Waals surface area contributed by atoms with Crippen LogP contribution in [0.4, 0.5) is 70.4 Å². The van der Waals surface area contributed by atoms with Crippen LogP contribution in [-0.4, -0.2) is 88.5 Å². The van der Waals surface area contributed by atoms with E-state index >= 15 is 0 Å². The highest BCUT2D eigenvalue weighted by molar-refractivity contribution is 6.03. The number of benzene rings is 9. The maximum absolute atomic E-state index is 14.9. The van der Waals surface area contributed by atoms with Crippen molar-refractivity contribution in [2.75, 3.05) is 100 Å². The van der Waals surface area contributed by atoms with Gasteiger partial charge in [0, 0.05) is 159 Å². The topological polar surface area (TPSA) is 293 Å². The summed E-state index contributed by atoms with van der Waals surface area (Å²) in [6, 6.07) is 47.1. The third-order valence-corrected chi connectivity index (χ3v) is 25.0. The molecule has 8 bridgehead atoms. The molecule has 133 heavy (non-hydrogen) atoms. The molecule has 9 aromatic carbocycles. The molecule has 13 rings (SSSR count). The molecule has 0 unspecified atom stereocenters. The molecule has 3 heterocycles. The van der Waals surface area contributed by atoms with Crippen LogP contribution in [0.1, 0.15) is 276 Å². The first-order chi connectivity index (χ1) is 64.8. The zero-order valence-corrected chi connectivity index (χ0v) is 79.1. The van der Waals surface area contributed by atoms with Gasteiger partial charge in [-0.05, 0) is 187 Å². The van der Waals surface area contributed by atoms with Crippen LogP contribution in [0.5, 0.6) is 23.0 Å². The first kappa shape index (κ1) is 97.7. The van der Waals surface area contributed by atoms with Crippen molar-refractivity contribution in [2.45, 2.75) is 254 Å². The minimum atomic E-state index is -0.745. The van der Waals surface area contributed by atoms with Gasteiger partial charge >= 0.3 is 29.8 Å². The van der Waals surface area contributed by atoms with Crippen molar-refractivity contribution in [3.63, 3.8) is 0 Å². The normalized spacial score (nSPS) is 12.5. The average Bonchev–Trinajstić information content (AvgIpc) is 0.712. The number of hydrogen-bond donors (Lipinski definition) is 10. The number of aryl methyl sites for hydroxylation is 6. The lowest BCUT2D eigenvalue weighted by Gasteiger charge is -2.37. The third kappa shape index (κ3) is 29.4. The Hall–Kier alpha value is -12.8. The van der Waals surface area contributed by atoms with Crippen LogP contribution in [-0.2, 0) is 43.3 Å². The first-order valence-electron chi connectivity index (χ1n) is 48.9. The number of ether oxygens (including phenoxy) is 4. The van der Waals surface area contributed by atoms with E-state index in [4.69, 9.17) is 23.4 Å². The Labute approximate surface area is 785 Å². The van der Waals surface area contributed by atoms with E-state index in [-0.39, 0.29) is 50.1 Å². The lowest BCUT2D eigenvalue weighted by Crippen LogP contribution is -2.38. The number of fused-ring (bicyclic) bond motifs is 10. The molecule has 1 aliphatic carbocycles. The Morgan fingerprint density at radius 3 is 0.955 bits per heavy atom. The monoisotopic (exact) mass is 1800 g/mol. The fourth-order valence-corrected chi connectivity index (χ4v) is 18.1. The molecule has 23 nitrogen and oxygen atoms in total. The van der Waals surface area contributed by atoms with E-state index in [2.05, 4.69) is 78.8 Å². The lowest BCUT2D eigenvalue weighted by atomic mass is 9.90. The number of unbranched alkanes of at least 4 members (excludes halogenated alkanes) is 21. The van der Waals surface area contributed by atoms with Crippen molar-refractivity contribution >= 4 is 98.1 Å². The fraction of sp³-hybridized carbons (Fsp3) is 0.427. The maximum Gasteiger partial charge on any atom is 0.349 e. The predicted octanol–water partition coefficient (Wildman–Crippen LogP) is 25.5. The Bertz CT molecular complexity index is 5470. The number of nitrogens with one attached hydrogen (secondary N) is 10. The summed E-state index contributed by atoms with van der Waals surface area (Å²) in [6.45, 7) is 16.8. The molecular formula is C110H137N11O12. The zero-order valence-electron chi connectivity index (χ0n) is 79.1. The van der Waals surface area contributed by atoms with Gasteiger partial charge in [-0.2, -0.15) is 0 Å². The van der Waals surface area contributed by atoms with Crippen molar-refractivity contribution in [1.29, 1.82) is 0 Å². The highest BCUT2D eigenvalue weighted by atomic mass is 16.5. The number of anilines is 9. The van der Waals surface area contributed by atoms with Crippen LogP contribution < -0.4 is 82.6 Å². The van der Waals surface area contributed by atoms with E-state index in [0.717, 1.165) is 188 Å². The Kier molecular flexibility index (Phi) is 36.9. The second kappa shape index (κ2) is 50.2. The third-order valence-electron chi connectivity index (χ3n) is 25.0. The molecule has 0 fully saturated rings. The molecule has 3 aliphatic rings. The number of hydrogen-bond acceptors (Lipinski definition) is 13. The molecule has 0 saturated carbocycles. The Morgan fingerprint density at radius 1 is 0.331 bits per heavy atom. The Balaban J connectivity index is 0.972. The molecule has 23 heteroatoms. The van der Waals surface area contributed by atoms with Gasteiger partial charge in [-0.25, -0.2) is 24.0 Å². The van der Waals surface area contributed by atoms with Crippen molar-refractivity contribution in [3.05, 3.63) is 252 Å². The SMILES string of the molecule is CCCCCCCCCCOc1c2cc(NC(=O)Nc3ccc(C)cc3)cc1Cc1cc(NC(=O)Nc3ccc(C)cc3)cc(c1OCCCCCCCCCC)Cc1cc(NC(=O)Nc3ccc(C)cc3)cc(c1OCC(=O)NCCNC(=O)c1cc3cc4c5c(c3oc1=O)CCCN5CCC4)Cc1cc(NC(=O)Nc3ccc(C)cc3)cc(c1OCCCCCCCCCC)C2. The molecule has 10 amide bonds. The molecule has 2 aliphatic heterocycles. The first-order valence-corrected chi connectivity index (χ1v) is 48.9. The number of amides is 10. The Morgan fingerprint density at radius 2 is 0.624 bits per heavy atom. The minimum Gasteiger partial charge on any atom is -0.493 e. The van der Waals surface area contributed by atoms with Crippen molar-refractivity contribution in [2.24, 2.45) is 0 Å². The molecule has 10 N–H and O–H groups in total. The van der Waals surface area contributed by atoms with Gasteiger partial charge in [0.15, 0.2) is 6.61 Å². The molecular weight excluding hydrogens is 1670 g/mol. The predicted molar refractivity (Wildman–Crippen MR) is 539 cm³/mol. The van der Waals surface area contributed by atoms with Gasteiger partial charge in [0.1, 0.15) is 34.1 Å². The number of urea groups is 4. The molecule has 0 radical (unpaired) electrons. The van der Waals surface area contributed by atoms with Crippen LogP contribution in [0.2, 0.25) is 0 Å².